The van der Waals surface area contributed by atoms with Crippen LogP contribution in [-0.4, -0.2) is 53.8 Å². The first-order valence-electron chi connectivity index (χ1n) is 6.71. The Morgan fingerprint density at radius 2 is 1.95 bits per heavy atom. The number of amides is 2. The number of anilines is 1. The molecule has 1 aromatic rings. The average molecular weight is 276 g/mol. The van der Waals surface area contributed by atoms with E-state index in [1.165, 1.54) is 6.20 Å². The van der Waals surface area contributed by atoms with Gasteiger partial charge in [-0.05, 0) is 25.0 Å². The normalized spacial score (nSPS) is 16.0. The summed E-state index contributed by atoms with van der Waals surface area (Å²) in [6.07, 6.45) is 2.89. The van der Waals surface area contributed by atoms with Crippen LogP contribution in [0, 0.1) is 5.92 Å². The molecule has 0 atom stereocenters. The van der Waals surface area contributed by atoms with Crippen LogP contribution in [0.3, 0.4) is 0 Å². The molecule has 0 unspecified atom stereocenters. The predicted octanol–water partition coefficient (Wildman–Crippen LogP) is 0.604. The molecule has 2 amide bonds. The smallest absolute Gasteiger partial charge is 0.272 e. The molecule has 0 bridgehead atoms. The van der Waals surface area contributed by atoms with E-state index in [0.717, 1.165) is 0 Å². The van der Waals surface area contributed by atoms with Crippen molar-refractivity contribution in [2.24, 2.45) is 5.92 Å². The van der Waals surface area contributed by atoms with E-state index in [2.05, 4.69) is 4.98 Å². The monoisotopic (exact) mass is 276 g/mol. The summed E-state index contributed by atoms with van der Waals surface area (Å²) in [6.45, 7) is 1.18. The maximum absolute atomic E-state index is 12.2. The number of likely N-dealkylation sites (tertiary alicyclic amines) is 1. The van der Waals surface area contributed by atoms with Crippen molar-refractivity contribution < 1.29 is 9.59 Å². The summed E-state index contributed by atoms with van der Waals surface area (Å²) in [7, 11) is 3.52. The molecular formula is C14H20N4O2. The first kappa shape index (κ1) is 14.3. The number of piperidine rings is 1. The number of hydrogen-bond donors (Lipinski definition) is 1. The van der Waals surface area contributed by atoms with Gasteiger partial charge in [-0.25, -0.2) is 4.98 Å². The number of pyridine rings is 1. The fraction of sp³-hybridized carbons (Fsp3) is 0.500. The average Bonchev–Trinajstić information content (AvgIpc) is 2.46. The topological polar surface area (TPSA) is 79.5 Å². The molecule has 0 spiro atoms. The third kappa shape index (κ3) is 3.07. The molecule has 2 heterocycles. The first-order valence-corrected chi connectivity index (χ1v) is 6.71. The molecule has 2 rings (SSSR count). The van der Waals surface area contributed by atoms with E-state index in [9.17, 15) is 9.59 Å². The van der Waals surface area contributed by atoms with Gasteiger partial charge in [0.15, 0.2) is 0 Å². The van der Waals surface area contributed by atoms with Crippen molar-refractivity contribution in [2.45, 2.75) is 12.8 Å². The van der Waals surface area contributed by atoms with Crippen LogP contribution < -0.4 is 5.73 Å². The van der Waals surface area contributed by atoms with Crippen LogP contribution in [0.2, 0.25) is 0 Å². The van der Waals surface area contributed by atoms with E-state index in [-0.39, 0.29) is 17.7 Å². The summed E-state index contributed by atoms with van der Waals surface area (Å²) in [5, 5.41) is 0. The zero-order valence-corrected chi connectivity index (χ0v) is 11.9. The van der Waals surface area contributed by atoms with Crippen molar-refractivity contribution in [1.29, 1.82) is 0 Å². The molecule has 108 valence electrons. The van der Waals surface area contributed by atoms with Crippen molar-refractivity contribution >= 4 is 17.5 Å². The lowest BCUT2D eigenvalue weighted by atomic mass is 9.95. The summed E-state index contributed by atoms with van der Waals surface area (Å²) in [4.78, 5) is 31.5. The zero-order valence-electron chi connectivity index (χ0n) is 11.9. The van der Waals surface area contributed by atoms with Crippen molar-refractivity contribution in [1.82, 2.24) is 14.8 Å². The highest BCUT2D eigenvalue weighted by Crippen LogP contribution is 2.20. The summed E-state index contributed by atoms with van der Waals surface area (Å²) in [5.41, 5.74) is 6.49. The minimum Gasteiger partial charge on any atom is -0.397 e. The lowest BCUT2D eigenvalue weighted by molar-refractivity contribution is -0.134. The number of hydrogen-bond acceptors (Lipinski definition) is 4. The molecule has 1 aliphatic heterocycles. The second-order valence-corrected chi connectivity index (χ2v) is 5.28. The molecule has 1 fully saturated rings. The molecule has 1 aliphatic rings. The second-order valence-electron chi connectivity index (χ2n) is 5.28. The lowest BCUT2D eigenvalue weighted by Crippen LogP contribution is -2.43. The standard InChI is InChI=1S/C14H20N4O2/c1-17(2)13(19)10-5-7-18(8-6-10)14(20)12-4-3-11(15)9-16-12/h3-4,9-10H,5-8,15H2,1-2H3. The van der Waals surface area contributed by atoms with E-state index in [4.69, 9.17) is 5.73 Å². The Morgan fingerprint density at radius 1 is 1.30 bits per heavy atom. The van der Waals surface area contributed by atoms with Gasteiger partial charge in [0.1, 0.15) is 5.69 Å². The highest BCUT2D eigenvalue weighted by molar-refractivity contribution is 5.92. The van der Waals surface area contributed by atoms with Gasteiger partial charge < -0.3 is 15.5 Å². The largest absolute Gasteiger partial charge is 0.397 e. The van der Waals surface area contributed by atoms with Gasteiger partial charge in [0.25, 0.3) is 5.91 Å². The molecule has 6 heteroatoms. The van der Waals surface area contributed by atoms with Crippen LogP contribution in [0.1, 0.15) is 23.3 Å². The molecule has 1 aromatic heterocycles. The Hall–Kier alpha value is -2.11. The quantitative estimate of drug-likeness (QED) is 0.858. The number of aromatic nitrogens is 1. The summed E-state index contributed by atoms with van der Waals surface area (Å²) >= 11 is 0. The molecule has 6 nitrogen and oxygen atoms in total. The number of carbonyl (C=O) groups is 2. The van der Waals surface area contributed by atoms with Gasteiger partial charge in [-0.2, -0.15) is 0 Å². The molecule has 20 heavy (non-hydrogen) atoms. The summed E-state index contributed by atoms with van der Waals surface area (Å²) in [5.74, 6) is 0.0666. The number of nitrogens with two attached hydrogens (primary N) is 1. The van der Waals surface area contributed by atoms with Gasteiger partial charge in [-0.3, -0.25) is 9.59 Å². The zero-order chi connectivity index (χ0) is 14.7. The van der Waals surface area contributed by atoms with E-state index in [1.54, 1.807) is 36.0 Å². The van der Waals surface area contributed by atoms with Crippen LogP contribution in [0.5, 0.6) is 0 Å². The third-order valence-corrected chi connectivity index (χ3v) is 3.58. The third-order valence-electron chi connectivity index (χ3n) is 3.58. The van der Waals surface area contributed by atoms with Crippen LogP contribution in [0.15, 0.2) is 18.3 Å². The molecule has 0 radical (unpaired) electrons. The van der Waals surface area contributed by atoms with Gasteiger partial charge in [0.05, 0.1) is 11.9 Å². The van der Waals surface area contributed by atoms with E-state index in [0.29, 0.717) is 37.3 Å². The lowest BCUT2D eigenvalue weighted by Gasteiger charge is -2.32. The summed E-state index contributed by atoms with van der Waals surface area (Å²) < 4.78 is 0. The van der Waals surface area contributed by atoms with Gasteiger partial charge in [0.2, 0.25) is 5.91 Å². The molecular weight excluding hydrogens is 256 g/mol. The predicted molar refractivity (Wildman–Crippen MR) is 76.0 cm³/mol. The van der Waals surface area contributed by atoms with Crippen LogP contribution in [0.25, 0.3) is 0 Å². The van der Waals surface area contributed by atoms with Gasteiger partial charge in [0, 0.05) is 33.1 Å². The van der Waals surface area contributed by atoms with Crippen molar-refractivity contribution in [3.63, 3.8) is 0 Å². The Bertz CT molecular complexity index is 490. The maximum Gasteiger partial charge on any atom is 0.272 e. The van der Waals surface area contributed by atoms with Gasteiger partial charge >= 0.3 is 0 Å². The Balaban J connectivity index is 1.95. The molecule has 0 aromatic carbocycles. The van der Waals surface area contributed by atoms with Crippen molar-refractivity contribution in [3.05, 3.63) is 24.0 Å². The minimum atomic E-state index is -0.0965. The maximum atomic E-state index is 12.2. The Labute approximate surface area is 118 Å². The van der Waals surface area contributed by atoms with Crippen molar-refractivity contribution in [2.75, 3.05) is 32.9 Å². The van der Waals surface area contributed by atoms with Crippen LogP contribution in [0.4, 0.5) is 5.69 Å². The van der Waals surface area contributed by atoms with Crippen molar-refractivity contribution in [3.8, 4) is 0 Å². The minimum absolute atomic E-state index is 0.0217. The van der Waals surface area contributed by atoms with Crippen LogP contribution >= 0.6 is 0 Å². The Morgan fingerprint density at radius 3 is 2.45 bits per heavy atom. The van der Waals surface area contributed by atoms with Crippen LogP contribution in [-0.2, 0) is 4.79 Å². The molecule has 0 saturated carbocycles. The number of nitrogens with zero attached hydrogens (tertiary/aromatic N) is 3. The fourth-order valence-electron chi connectivity index (χ4n) is 2.39. The summed E-state index contributed by atoms with van der Waals surface area (Å²) in [6, 6.07) is 3.30. The number of carbonyl (C=O) groups excluding carboxylic acids is 2. The van der Waals surface area contributed by atoms with E-state index >= 15 is 0 Å². The van der Waals surface area contributed by atoms with Gasteiger partial charge in [-0.15, -0.1) is 0 Å². The van der Waals surface area contributed by atoms with E-state index in [1.807, 2.05) is 0 Å². The SMILES string of the molecule is CN(C)C(=O)C1CCN(C(=O)c2ccc(N)cn2)CC1. The number of rotatable bonds is 2. The molecule has 0 aliphatic carbocycles. The molecule has 1 saturated heterocycles. The van der Waals surface area contributed by atoms with E-state index < -0.39 is 0 Å². The second kappa shape index (κ2) is 5.90. The first-order chi connectivity index (χ1) is 9.49. The van der Waals surface area contributed by atoms with Gasteiger partial charge in [-0.1, -0.05) is 0 Å². The molecule has 2 N–H and O–H groups in total. The number of nitrogen functional groups attached to an aromatic ring is 1. The highest BCUT2D eigenvalue weighted by atomic mass is 16.2. The highest BCUT2D eigenvalue weighted by Gasteiger charge is 2.28. The Kier molecular flexibility index (Phi) is 4.22. The fourth-order valence-corrected chi connectivity index (χ4v) is 2.39.